The summed E-state index contributed by atoms with van der Waals surface area (Å²) in [5.74, 6) is 0.722. The van der Waals surface area contributed by atoms with Gasteiger partial charge in [0, 0.05) is 13.1 Å². The minimum Gasteiger partial charge on any atom is -0.354 e. The molecular weight excluding hydrogens is 443 g/mol. The molecule has 0 saturated carbocycles. The monoisotopic (exact) mass is 456 g/mol. The highest BCUT2D eigenvalue weighted by atomic mass is 35.5. The van der Waals surface area contributed by atoms with E-state index in [4.69, 9.17) is 23.2 Å². The van der Waals surface area contributed by atoms with E-state index in [1.54, 1.807) is 18.2 Å². The second kappa shape index (κ2) is 12.2. The van der Waals surface area contributed by atoms with Gasteiger partial charge in [-0.05, 0) is 12.1 Å². The number of halogens is 2. The van der Waals surface area contributed by atoms with Gasteiger partial charge in [-0.2, -0.15) is 0 Å². The number of hydrogen-bond acceptors (Lipinski definition) is 10. The summed E-state index contributed by atoms with van der Waals surface area (Å²) in [6.45, 7) is 0.0610. The van der Waals surface area contributed by atoms with Crippen LogP contribution in [0.25, 0.3) is 0 Å². The van der Waals surface area contributed by atoms with Gasteiger partial charge >= 0.3 is 0 Å². The number of hydrogen-bond donors (Lipinski definition) is 2. The predicted molar refractivity (Wildman–Crippen MR) is 97.3 cm³/mol. The number of nitrogens with one attached hydrogen (secondary N) is 2. The molecule has 1 aromatic rings. The summed E-state index contributed by atoms with van der Waals surface area (Å²) in [5.41, 5.74) is 0.604. The molecule has 1 fully saturated rings. The third-order valence-corrected chi connectivity index (χ3v) is 3.45. The molecule has 0 aliphatic carbocycles. The van der Waals surface area contributed by atoms with Crippen LogP contribution in [0.3, 0.4) is 0 Å². The molecule has 0 amide bonds. The molecule has 1 aromatic carbocycles. The van der Waals surface area contributed by atoms with Crippen LogP contribution in [0.5, 0.6) is 0 Å². The van der Waals surface area contributed by atoms with Gasteiger partial charge < -0.3 is 25.1 Å². The fourth-order valence-electron chi connectivity index (χ4n) is 1.73. The number of guanidine groups is 1. The van der Waals surface area contributed by atoms with E-state index in [9.17, 15) is 30.3 Å². The molecule has 0 radical (unpaired) electrons. The van der Waals surface area contributed by atoms with E-state index in [0.717, 1.165) is 19.0 Å². The van der Waals surface area contributed by atoms with E-state index >= 15 is 0 Å². The zero-order chi connectivity index (χ0) is 21.8. The summed E-state index contributed by atoms with van der Waals surface area (Å²) in [4.78, 5) is 44.8. The second-order valence-electron chi connectivity index (χ2n) is 4.87. The molecule has 0 bridgehead atoms. The summed E-state index contributed by atoms with van der Waals surface area (Å²) in [7, 11) is 0. The van der Waals surface area contributed by atoms with Gasteiger partial charge in [0.1, 0.15) is 18.9 Å². The summed E-state index contributed by atoms with van der Waals surface area (Å²) >= 11 is 11.9. The average Bonchev–Trinajstić information content (AvgIpc) is 3.14. The molecule has 2 rings (SSSR count). The first-order valence-electron chi connectivity index (χ1n) is 7.55. The molecule has 1 heterocycles. The van der Waals surface area contributed by atoms with Gasteiger partial charge in [-0.3, -0.25) is 0 Å². The Morgan fingerprint density at radius 1 is 0.966 bits per heavy atom. The van der Waals surface area contributed by atoms with Crippen LogP contribution < -0.4 is 10.6 Å². The van der Waals surface area contributed by atoms with E-state index in [1.165, 1.54) is 0 Å². The average molecular weight is 457 g/mol. The van der Waals surface area contributed by atoms with Crippen molar-refractivity contribution in [3.63, 3.8) is 0 Å². The number of rotatable bonds is 9. The predicted octanol–water partition coefficient (Wildman–Crippen LogP) is 1.15. The summed E-state index contributed by atoms with van der Waals surface area (Å²) in [6.07, 6.45) is -1.55. The van der Waals surface area contributed by atoms with E-state index < -0.39 is 34.6 Å². The van der Waals surface area contributed by atoms with Crippen molar-refractivity contribution in [1.29, 1.82) is 0 Å². The van der Waals surface area contributed by atoms with Crippen LogP contribution in [0.1, 0.15) is 0 Å². The molecular formula is C12H14Cl2N6O9. The molecule has 0 spiro atoms. The lowest BCUT2D eigenvalue weighted by Crippen LogP contribution is -2.30. The highest BCUT2D eigenvalue weighted by molar-refractivity contribution is 6.38. The van der Waals surface area contributed by atoms with E-state index in [-0.39, 0.29) is 0 Å². The van der Waals surface area contributed by atoms with Gasteiger partial charge in [0.25, 0.3) is 15.3 Å². The first-order chi connectivity index (χ1) is 13.7. The van der Waals surface area contributed by atoms with Gasteiger partial charge in [-0.15, -0.1) is 30.3 Å². The zero-order valence-corrected chi connectivity index (χ0v) is 15.9. The van der Waals surface area contributed by atoms with Gasteiger partial charge in [-0.1, -0.05) is 29.3 Å². The Kier molecular flexibility index (Phi) is 9.97. The topological polar surface area (TPSA) is 194 Å². The summed E-state index contributed by atoms with van der Waals surface area (Å²) < 4.78 is 0. The highest BCUT2D eigenvalue weighted by Gasteiger charge is 2.17. The molecule has 29 heavy (non-hydrogen) atoms. The smallest absolute Gasteiger partial charge is 0.294 e. The van der Waals surface area contributed by atoms with Crippen LogP contribution in [0, 0.1) is 30.3 Å². The van der Waals surface area contributed by atoms with Crippen LogP contribution >= 0.6 is 23.2 Å². The van der Waals surface area contributed by atoms with Gasteiger partial charge in [0.15, 0.2) is 12.1 Å². The Labute approximate surface area is 171 Å². The molecule has 0 aromatic heterocycles. The van der Waals surface area contributed by atoms with Crippen LogP contribution in [-0.4, -0.2) is 53.6 Å². The Morgan fingerprint density at radius 3 is 1.86 bits per heavy atom. The van der Waals surface area contributed by atoms with Crippen LogP contribution in [-0.2, 0) is 14.5 Å². The quantitative estimate of drug-likeness (QED) is 0.399. The summed E-state index contributed by atoms with van der Waals surface area (Å²) in [5, 5.41) is 32.8. The van der Waals surface area contributed by atoms with Crippen molar-refractivity contribution >= 4 is 34.8 Å². The molecule has 17 heteroatoms. The van der Waals surface area contributed by atoms with Crippen molar-refractivity contribution in [2.75, 3.05) is 26.3 Å². The first-order valence-corrected chi connectivity index (χ1v) is 8.30. The maximum Gasteiger partial charge on any atom is 0.294 e. The molecule has 1 saturated heterocycles. The molecule has 160 valence electrons. The summed E-state index contributed by atoms with van der Waals surface area (Å²) in [6, 6.07) is 5.33. The zero-order valence-electron chi connectivity index (χ0n) is 14.4. The molecule has 15 nitrogen and oxygen atoms in total. The number of benzene rings is 1. The van der Waals surface area contributed by atoms with Crippen LogP contribution in [0.2, 0.25) is 10.0 Å². The normalized spacial score (nSPS) is 12.0. The lowest BCUT2D eigenvalue weighted by molar-refractivity contribution is -0.803. The maximum absolute atomic E-state index is 9.83. The molecule has 2 N–H and O–H groups in total. The number of aliphatic imine (C=N–C) groups is 1. The van der Waals surface area contributed by atoms with Crippen molar-refractivity contribution in [2.45, 2.75) is 6.10 Å². The lowest BCUT2D eigenvalue weighted by atomic mass is 10.3. The minimum atomic E-state index is -1.55. The van der Waals surface area contributed by atoms with E-state index in [0.29, 0.717) is 15.7 Å². The third kappa shape index (κ3) is 9.96. The fourth-order valence-corrected chi connectivity index (χ4v) is 2.21. The highest BCUT2D eigenvalue weighted by Crippen LogP contribution is 2.32. The standard InChI is InChI=1S/C9H9Cl2N3.C3H5N3O9/c10-6-2-1-3-7(11)8(6)14-9-12-4-5-13-9;7-4(8)13-1-3(15-6(11)12)2-14-5(9)10/h1-3H,4-5H2,(H2,12,13,14);3H,1-2H2. The molecule has 1 aliphatic heterocycles. The SMILES string of the molecule is Clc1cccc(Cl)c1N=C1NCCN1.O=[N+]([O-])OCC(CO[N+](=O)[O-])O[N+](=O)[O-]. The maximum atomic E-state index is 9.83. The molecule has 1 aliphatic rings. The Morgan fingerprint density at radius 2 is 1.45 bits per heavy atom. The fraction of sp³-hybridized carbons (Fsp3) is 0.417. The van der Waals surface area contributed by atoms with Crippen LogP contribution in [0.15, 0.2) is 23.2 Å². The second-order valence-corrected chi connectivity index (χ2v) is 5.69. The van der Waals surface area contributed by atoms with E-state index in [1.807, 2.05) is 0 Å². The van der Waals surface area contributed by atoms with Gasteiger partial charge in [-0.25, -0.2) is 4.99 Å². The minimum absolute atomic E-state index is 0.556. The van der Waals surface area contributed by atoms with E-state index in [2.05, 4.69) is 30.1 Å². The Balaban J connectivity index is 0.000000290. The molecule has 0 atom stereocenters. The Bertz CT molecular complexity index is 719. The van der Waals surface area contributed by atoms with Crippen molar-refractivity contribution in [1.82, 2.24) is 10.6 Å². The largest absolute Gasteiger partial charge is 0.354 e. The third-order valence-electron chi connectivity index (χ3n) is 2.84. The Hall–Kier alpha value is -3.33. The van der Waals surface area contributed by atoms with Crippen molar-refractivity contribution < 1.29 is 29.8 Å². The van der Waals surface area contributed by atoms with Crippen molar-refractivity contribution in [3.8, 4) is 0 Å². The van der Waals surface area contributed by atoms with Crippen molar-refractivity contribution in [3.05, 3.63) is 58.6 Å². The number of para-hydroxylation sites is 1. The van der Waals surface area contributed by atoms with Gasteiger partial charge in [0.05, 0.1) is 10.0 Å². The number of nitrogens with zero attached hydrogens (tertiary/aromatic N) is 4. The van der Waals surface area contributed by atoms with Crippen molar-refractivity contribution in [2.24, 2.45) is 4.99 Å². The van der Waals surface area contributed by atoms with Crippen LogP contribution in [0.4, 0.5) is 5.69 Å². The van der Waals surface area contributed by atoms with Gasteiger partial charge in [0.2, 0.25) is 0 Å². The first kappa shape index (κ1) is 23.7. The lowest BCUT2D eigenvalue weighted by Gasteiger charge is -2.11. The molecule has 0 unspecified atom stereocenters.